The van der Waals surface area contributed by atoms with Crippen LogP contribution < -0.4 is 27.4 Å². The molecule has 2 aromatic heterocycles. The fourth-order valence-corrected chi connectivity index (χ4v) is 4.63. The molecule has 3 amide bonds. The standard InChI is InChI=1S/C29H42N8O5/c1-3-17(2)25(31)28(40)36-23(12-18-14-33-21-9-5-4-8-20(18)21)27(39)35-22(10-6-7-11-30)26(38)37-24(29(41)42)13-19-15-32-16-34-19/h4-5,8-9,14-17,22-25,33H,3,6-7,10-13,30-31H2,1-2H3,(H,32,34)(H,35,39)(H,36,40)(H,37,38)(H,41,42). The summed E-state index contributed by atoms with van der Waals surface area (Å²) >= 11 is 0. The van der Waals surface area contributed by atoms with E-state index in [1.165, 1.54) is 12.5 Å². The smallest absolute Gasteiger partial charge is 0.326 e. The van der Waals surface area contributed by atoms with Crippen molar-refractivity contribution in [3.63, 3.8) is 0 Å². The van der Waals surface area contributed by atoms with Crippen LogP contribution in [0.15, 0.2) is 43.0 Å². The Morgan fingerprint density at radius 1 is 0.952 bits per heavy atom. The molecule has 42 heavy (non-hydrogen) atoms. The number of aliphatic carboxylic acids is 1. The van der Waals surface area contributed by atoms with Gasteiger partial charge in [0.15, 0.2) is 0 Å². The molecule has 0 bridgehead atoms. The number of unbranched alkanes of at least 4 members (excludes halogenated alkanes) is 1. The average molecular weight is 583 g/mol. The third-order valence-corrected chi connectivity index (χ3v) is 7.47. The van der Waals surface area contributed by atoms with Gasteiger partial charge in [-0.15, -0.1) is 0 Å². The first-order valence-electron chi connectivity index (χ1n) is 14.3. The van der Waals surface area contributed by atoms with E-state index >= 15 is 0 Å². The normalized spacial score (nSPS) is 14.9. The van der Waals surface area contributed by atoms with Gasteiger partial charge >= 0.3 is 5.97 Å². The Bertz CT molecular complexity index is 1320. The molecule has 13 nitrogen and oxygen atoms in total. The number of nitrogens with two attached hydrogens (primary N) is 2. The molecule has 2 heterocycles. The maximum Gasteiger partial charge on any atom is 0.326 e. The Hall–Kier alpha value is -4.23. The summed E-state index contributed by atoms with van der Waals surface area (Å²) in [4.78, 5) is 61.9. The SMILES string of the molecule is CCC(C)C(N)C(=O)NC(Cc1c[nH]c2ccccc12)C(=O)NC(CCCCN)C(=O)NC(Cc1cnc[nH]1)C(=O)O. The van der Waals surface area contributed by atoms with Gasteiger partial charge in [-0.1, -0.05) is 38.5 Å². The Kier molecular flexibility index (Phi) is 12.1. The first kappa shape index (κ1) is 32.3. The predicted molar refractivity (Wildman–Crippen MR) is 158 cm³/mol. The number of carboxylic acid groups (broad SMARTS) is 1. The minimum absolute atomic E-state index is 0.0166. The highest BCUT2D eigenvalue weighted by Gasteiger charge is 2.31. The van der Waals surface area contributed by atoms with Crippen molar-refractivity contribution in [3.05, 3.63) is 54.2 Å². The highest BCUT2D eigenvalue weighted by atomic mass is 16.4. The van der Waals surface area contributed by atoms with E-state index in [0.29, 0.717) is 31.5 Å². The number of rotatable bonds is 17. The van der Waals surface area contributed by atoms with Gasteiger partial charge in [0.05, 0.1) is 12.4 Å². The second-order valence-corrected chi connectivity index (χ2v) is 10.6. The van der Waals surface area contributed by atoms with Gasteiger partial charge in [-0.2, -0.15) is 0 Å². The number of nitrogens with one attached hydrogen (secondary N) is 5. The average Bonchev–Trinajstić information content (AvgIpc) is 3.65. The van der Waals surface area contributed by atoms with Gasteiger partial charge in [-0.25, -0.2) is 9.78 Å². The lowest BCUT2D eigenvalue weighted by atomic mass is 9.98. The summed E-state index contributed by atoms with van der Waals surface area (Å²) in [6.45, 7) is 4.18. The highest BCUT2D eigenvalue weighted by molar-refractivity contribution is 5.95. The van der Waals surface area contributed by atoms with Gasteiger partial charge in [0.25, 0.3) is 0 Å². The number of aromatic nitrogens is 3. The number of imidazole rings is 1. The zero-order chi connectivity index (χ0) is 30.6. The molecule has 0 fully saturated rings. The maximum absolute atomic E-state index is 13.7. The number of carbonyl (C=O) groups is 4. The van der Waals surface area contributed by atoms with Crippen LogP contribution in [0.2, 0.25) is 0 Å². The van der Waals surface area contributed by atoms with Gasteiger partial charge in [0.2, 0.25) is 17.7 Å². The second-order valence-electron chi connectivity index (χ2n) is 10.6. The first-order chi connectivity index (χ1) is 20.1. The predicted octanol–water partition coefficient (Wildman–Crippen LogP) is 0.718. The summed E-state index contributed by atoms with van der Waals surface area (Å²) in [5.74, 6) is -3.05. The number of hydrogen-bond acceptors (Lipinski definition) is 7. The van der Waals surface area contributed by atoms with Crippen molar-refractivity contribution in [2.75, 3.05) is 6.54 Å². The maximum atomic E-state index is 13.7. The van der Waals surface area contributed by atoms with Crippen molar-refractivity contribution >= 4 is 34.6 Å². The van der Waals surface area contributed by atoms with E-state index < -0.39 is 47.9 Å². The molecule has 0 saturated heterocycles. The number of H-pyrrole nitrogens is 2. The minimum atomic E-state index is -1.25. The lowest BCUT2D eigenvalue weighted by molar-refractivity contribution is -0.142. The van der Waals surface area contributed by atoms with Gasteiger partial charge in [0.1, 0.15) is 18.1 Å². The van der Waals surface area contributed by atoms with Crippen molar-refractivity contribution in [2.45, 2.75) is 76.5 Å². The first-order valence-corrected chi connectivity index (χ1v) is 14.3. The number of amides is 3. The number of carbonyl (C=O) groups excluding carboxylic acids is 3. The molecule has 3 aromatic rings. The van der Waals surface area contributed by atoms with Crippen molar-refractivity contribution < 1.29 is 24.3 Å². The number of fused-ring (bicyclic) bond motifs is 1. The molecule has 13 heteroatoms. The zero-order valence-electron chi connectivity index (χ0n) is 24.1. The molecule has 0 aliphatic rings. The molecule has 228 valence electrons. The highest BCUT2D eigenvalue weighted by Crippen LogP contribution is 2.19. The Balaban J connectivity index is 1.82. The van der Waals surface area contributed by atoms with Crippen LogP contribution in [0.5, 0.6) is 0 Å². The molecule has 0 aliphatic carbocycles. The summed E-state index contributed by atoms with van der Waals surface area (Å²) in [7, 11) is 0. The van der Waals surface area contributed by atoms with Crippen LogP contribution in [0.3, 0.4) is 0 Å². The molecule has 1 aromatic carbocycles. The fraction of sp³-hybridized carbons (Fsp3) is 0.483. The molecular formula is C29H42N8O5. The molecule has 3 rings (SSSR count). The quantitative estimate of drug-likeness (QED) is 0.106. The van der Waals surface area contributed by atoms with E-state index in [0.717, 1.165) is 16.5 Å². The molecule has 0 spiro atoms. The Morgan fingerprint density at radius 3 is 2.31 bits per heavy atom. The van der Waals surface area contributed by atoms with Crippen molar-refractivity contribution in [2.24, 2.45) is 17.4 Å². The number of nitrogens with zero attached hydrogens (tertiary/aromatic N) is 1. The Morgan fingerprint density at radius 2 is 1.64 bits per heavy atom. The molecule has 0 radical (unpaired) electrons. The van der Waals surface area contributed by atoms with Gasteiger partial charge in [0, 0.05) is 41.8 Å². The van der Waals surface area contributed by atoms with Gasteiger partial charge < -0.3 is 42.5 Å². The van der Waals surface area contributed by atoms with E-state index in [9.17, 15) is 24.3 Å². The number of aromatic amines is 2. The van der Waals surface area contributed by atoms with Crippen molar-refractivity contribution in [1.29, 1.82) is 0 Å². The summed E-state index contributed by atoms with van der Waals surface area (Å²) in [5.41, 5.74) is 14.0. The van der Waals surface area contributed by atoms with Crippen LogP contribution in [0.25, 0.3) is 10.9 Å². The molecule has 10 N–H and O–H groups in total. The summed E-state index contributed by atoms with van der Waals surface area (Å²) in [6, 6.07) is 3.42. The van der Waals surface area contributed by atoms with Crippen LogP contribution in [0.1, 0.15) is 50.8 Å². The third-order valence-electron chi connectivity index (χ3n) is 7.47. The fourth-order valence-electron chi connectivity index (χ4n) is 4.63. The molecule has 5 unspecified atom stereocenters. The van der Waals surface area contributed by atoms with Crippen LogP contribution in [-0.4, -0.2) is 74.5 Å². The summed E-state index contributed by atoms with van der Waals surface area (Å²) in [5, 5.41) is 18.7. The van der Waals surface area contributed by atoms with Crippen molar-refractivity contribution in [3.8, 4) is 0 Å². The number of hydrogen-bond donors (Lipinski definition) is 8. The molecule has 5 atom stereocenters. The molecule has 0 saturated carbocycles. The summed E-state index contributed by atoms with van der Waals surface area (Å²) in [6.07, 6.45) is 6.84. The van der Waals surface area contributed by atoms with E-state index in [2.05, 4.69) is 30.9 Å². The number of para-hydroxylation sites is 1. The van der Waals surface area contributed by atoms with Gasteiger partial charge in [-0.05, 0) is 43.4 Å². The van der Waals surface area contributed by atoms with E-state index in [-0.39, 0.29) is 25.2 Å². The molecule has 0 aliphatic heterocycles. The largest absolute Gasteiger partial charge is 0.480 e. The van der Waals surface area contributed by atoms with E-state index in [4.69, 9.17) is 11.5 Å². The van der Waals surface area contributed by atoms with Crippen LogP contribution in [-0.2, 0) is 32.0 Å². The van der Waals surface area contributed by atoms with Crippen LogP contribution in [0.4, 0.5) is 0 Å². The lowest BCUT2D eigenvalue weighted by Gasteiger charge is -2.26. The van der Waals surface area contributed by atoms with E-state index in [1.54, 1.807) is 6.20 Å². The minimum Gasteiger partial charge on any atom is -0.480 e. The van der Waals surface area contributed by atoms with Crippen LogP contribution in [0, 0.1) is 5.92 Å². The van der Waals surface area contributed by atoms with Gasteiger partial charge in [-0.3, -0.25) is 14.4 Å². The lowest BCUT2D eigenvalue weighted by Crippen LogP contribution is -2.58. The van der Waals surface area contributed by atoms with Crippen LogP contribution >= 0.6 is 0 Å². The second kappa shape index (κ2) is 15.7. The summed E-state index contributed by atoms with van der Waals surface area (Å²) < 4.78 is 0. The monoisotopic (exact) mass is 582 g/mol. The Labute approximate surface area is 244 Å². The number of carboxylic acids is 1. The topological polar surface area (TPSA) is 221 Å². The third kappa shape index (κ3) is 8.88. The molecular weight excluding hydrogens is 540 g/mol. The zero-order valence-corrected chi connectivity index (χ0v) is 24.1. The van der Waals surface area contributed by atoms with Crippen molar-refractivity contribution in [1.82, 2.24) is 30.9 Å². The number of benzene rings is 1. The van der Waals surface area contributed by atoms with E-state index in [1.807, 2.05) is 38.1 Å².